The third kappa shape index (κ3) is 4.18. The fraction of sp³-hybridized carbons (Fsp3) is 0. The van der Waals surface area contributed by atoms with Crippen LogP contribution in [0.1, 0.15) is 0 Å². The van der Waals surface area contributed by atoms with Crippen molar-refractivity contribution >= 4 is 81.6 Å². The molecular formula is C43H26N2O2S. The molecule has 0 aliphatic rings. The lowest BCUT2D eigenvalue weighted by Gasteiger charge is -2.28. The first kappa shape index (κ1) is 27.0. The van der Waals surface area contributed by atoms with Crippen LogP contribution in [0.15, 0.2) is 167 Å². The molecule has 0 saturated carbocycles. The fourth-order valence-electron chi connectivity index (χ4n) is 6.92. The van der Waals surface area contributed by atoms with Crippen molar-refractivity contribution in [1.29, 1.82) is 0 Å². The van der Waals surface area contributed by atoms with Gasteiger partial charge in [0.15, 0.2) is 5.58 Å². The Morgan fingerprint density at radius 1 is 0.521 bits per heavy atom. The van der Waals surface area contributed by atoms with Gasteiger partial charge in [-0.1, -0.05) is 103 Å². The number of rotatable bonds is 5. The Balaban J connectivity index is 1.31. The molecule has 7 aromatic carbocycles. The maximum Gasteiger partial charge on any atom is 0.227 e. The number of fused-ring (bicyclic) bond motifs is 8. The minimum atomic E-state index is 0.610. The number of aromatic nitrogens is 1. The van der Waals surface area contributed by atoms with Crippen LogP contribution in [0.5, 0.6) is 0 Å². The summed E-state index contributed by atoms with van der Waals surface area (Å²) >= 11 is 1.78. The lowest BCUT2D eigenvalue weighted by atomic mass is 10.0. The zero-order valence-corrected chi connectivity index (χ0v) is 26.4. The lowest BCUT2D eigenvalue weighted by molar-refractivity contribution is 0.623. The van der Waals surface area contributed by atoms with Crippen LogP contribution in [0, 0.1) is 0 Å². The zero-order chi connectivity index (χ0) is 31.6. The first-order valence-electron chi connectivity index (χ1n) is 16.0. The Labute approximate surface area is 279 Å². The van der Waals surface area contributed by atoms with Gasteiger partial charge in [-0.15, -0.1) is 11.3 Å². The molecule has 0 fully saturated rings. The van der Waals surface area contributed by atoms with E-state index < -0.39 is 0 Å². The standard InChI is InChI=1S/C43H26N2O2S/c1-3-13-27(14-4-1)30-17-7-10-20-35(30)45(29-23-24-32-31-18-8-11-21-37(31)46-38(32)25-29)36-26-34-41(47-43(44-34)28-15-5-2-6-16-28)40-33-19-9-12-22-39(33)48-42(36)40/h1-26H. The van der Waals surface area contributed by atoms with Gasteiger partial charge in [0.1, 0.15) is 16.7 Å². The molecule has 0 amide bonds. The number of furan rings is 1. The van der Waals surface area contributed by atoms with Crippen molar-refractivity contribution < 1.29 is 8.83 Å². The average molecular weight is 635 g/mol. The smallest absolute Gasteiger partial charge is 0.227 e. The predicted molar refractivity (Wildman–Crippen MR) is 200 cm³/mol. The second kappa shape index (κ2) is 10.7. The van der Waals surface area contributed by atoms with Crippen LogP contribution in [-0.2, 0) is 0 Å². The molecule has 0 N–H and O–H groups in total. The summed E-state index contributed by atoms with van der Waals surface area (Å²) in [6, 6.07) is 54.8. The van der Waals surface area contributed by atoms with Crippen molar-refractivity contribution in [1.82, 2.24) is 4.98 Å². The van der Waals surface area contributed by atoms with Gasteiger partial charge in [0.25, 0.3) is 0 Å². The molecule has 0 radical (unpaired) electrons. The van der Waals surface area contributed by atoms with Crippen LogP contribution < -0.4 is 4.90 Å². The predicted octanol–water partition coefficient (Wildman–Crippen LogP) is 12.9. The number of hydrogen-bond donors (Lipinski definition) is 0. The highest BCUT2D eigenvalue weighted by atomic mass is 32.1. The van der Waals surface area contributed by atoms with E-state index in [1.165, 1.54) is 4.70 Å². The molecule has 10 aromatic rings. The highest BCUT2D eigenvalue weighted by Gasteiger charge is 2.25. The number of hydrogen-bond acceptors (Lipinski definition) is 5. The van der Waals surface area contributed by atoms with Gasteiger partial charge in [0.2, 0.25) is 5.89 Å². The van der Waals surface area contributed by atoms with Gasteiger partial charge in [0, 0.05) is 49.1 Å². The Morgan fingerprint density at radius 2 is 1.21 bits per heavy atom. The second-order valence-electron chi connectivity index (χ2n) is 11.9. The number of nitrogens with zero attached hydrogens (tertiary/aromatic N) is 2. The van der Waals surface area contributed by atoms with E-state index in [0.29, 0.717) is 5.89 Å². The molecule has 0 bridgehead atoms. The molecular weight excluding hydrogens is 609 g/mol. The van der Waals surface area contributed by atoms with E-state index in [1.54, 1.807) is 11.3 Å². The molecule has 0 spiro atoms. The monoisotopic (exact) mass is 634 g/mol. The van der Waals surface area contributed by atoms with Crippen LogP contribution in [0.4, 0.5) is 17.1 Å². The maximum atomic E-state index is 6.63. The van der Waals surface area contributed by atoms with E-state index in [1.807, 2.05) is 42.5 Å². The van der Waals surface area contributed by atoms with Crippen LogP contribution >= 0.6 is 11.3 Å². The summed E-state index contributed by atoms with van der Waals surface area (Å²) in [6.45, 7) is 0. The summed E-state index contributed by atoms with van der Waals surface area (Å²) in [4.78, 5) is 7.47. The van der Waals surface area contributed by atoms with Crippen molar-refractivity contribution in [2.75, 3.05) is 4.90 Å². The topological polar surface area (TPSA) is 42.4 Å². The highest BCUT2D eigenvalue weighted by Crippen LogP contribution is 2.50. The molecule has 0 aliphatic heterocycles. The number of para-hydroxylation sites is 2. The van der Waals surface area contributed by atoms with Crippen molar-refractivity contribution in [3.05, 3.63) is 158 Å². The third-order valence-electron chi connectivity index (χ3n) is 9.09. The quantitative estimate of drug-likeness (QED) is 0.189. The molecule has 4 nitrogen and oxygen atoms in total. The van der Waals surface area contributed by atoms with Crippen LogP contribution in [-0.4, -0.2) is 4.98 Å². The summed E-state index contributed by atoms with van der Waals surface area (Å²) < 4.78 is 15.4. The minimum Gasteiger partial charge on any atom is -0.456 e. The fourth-order valence-corrected chi connectivity index (χ4v) is 8.12. The van der Waals surface area contributed by atoms with E-state index in [0.717, 1.165) is 82.3 Å². The third-order valence-corrected chi connectivity index (χ3v) is 10.3. The minimum absolute atomic E-state index is 0.610. The Kier molecular flexibility index (Phi) is 6.01. The molecule has 48 heavy (non-hydrogen) atoms. The zero-order valence-electron chi connectivity index (χ0n) is 25.6. The number of anilines is 3. The van der Waals surface area contributed by atoms with E-state index >= 15 is 0 Å². The van der Waals surface area contributed by atoms with Crippen molar-refractivity contribution in [2.45, 2.75) is 0 Å². The summed E-state index contributed by atoms with van der Waals surface area (Å²) in [5, 5.41) is 4.44. The summed E-state index contributed by atoms with van der Waals surface area (Å²) in [7, 11) is 0. The molecule has 3 aromatic heterocycles. The number of oxazole rings is 1. The van der Waals surface area contributed by atoms with Gasteiger partial charge >= 0.3 is 0 Å². The first-order valence-corrected chi connectivity index (χ1v) is 16.8. The molecule has 5 heteroatoms. The van der Waals surface area contributed by atoms with Crippen molar-refractivity contribution in [3.8, 4) is 22.6 Å². The Bertz CT molecular complexity index is 2790. The molecule has 3 heterocycles. The lowest BCUT2D eigenvalue weighted by Crippen LogP contribution is -2.11. The Hall–Kier alpha value is -6.17. The maximum absolute atomic E-state index is 6.63. The van der Waals surface area contributed by atoms with Gasteiger partial charge in [-0.2, -0.15) is 0 Å². The largest absolute Gasteiger partial charge is 0.456 e. The average Bonchev–Trinajstić information content (AvgIpc) is 3.86. The molecule has 0 aliphatic carbocycles. The Morgan fingerprint density at radius 3 is 2.06 bits per heavy atom. The molecule has 226 valence electrons. The normalized spacial score (nSPS) is 11.8. The summed E-state index contributed by atoms with van der Waals surface area (Å²) in [5.41, 5.74) is 9.64. The first-order chi connectivity index (χ1) is 23.8. The van der Waals surface area contributed by atoms with Crippen molar-refractivity contribution in [3.63, 3.8) is 0 Å². The van der Waals surface area contributed by atoms with Crippen LogP contribution in [0.3, 0.4) is 0 Å². The van der Waals surface area contributed by atoms with E-state index in [9.17, 15) is 0 Å². The van der Waals surface area contributed by atoms with Gasteiger partial charge < -0.3 is 13.7 Å². The highest BCUT2D eigenvalue weighted by molar-refractivity contribution is 7.26. The number of benzene rings is 7. The van der Waals surface area contributed by atoms with E-state index in [2.05, 4.69) is 120 Å². The van der Waals surface area contributed by atoms with E-state index in [4.69, 9.17) is 13.8 Å². The van der Waals surface area contributed by atoms with E-state index in [-0.39, 0.29) is 0 Å². The number of thiophene rings is 1. The van der Waals surface area contributed by atoms with Gasteiger partial charge in [0.05, 0.1) is 16.1 Å². The summed E-state index contributed by atoms with van der Waals surface area (Å²) in [5.74, 6) is 0.610. The van der Waals surface area contributed by atoms with Crippen molar-refractivity contribution in [2.24, 2.45) is 0 Å². The van der Waals surface area contributed by atoms with Gasteiger partial charge in [-0.05, 0) is 54.1 Å². The SMILES string of the molecule is c1ccc(-c2nc3cc(N(c4ccc5c(c4)oc4ccccc45)c4ccccc4-c4ccccc4)c4sc5ccccc5c4c3o2)cc1. The van der Waals surface area contributed by atoms with Crippen LogP contribution in [0.2, 0.25) is 0 Å². The molecule has 10 rings (SSSR count). The van der Waals surface area contributed by atoms with Gasteiger partial charge in [-0.3, -0.25) is 0 Å². The summed E-state index contributed by atoms with van der Waals surface area (Å²) in [6.07, 6.45) is 0. The van der Waals surface area contributed by atoms with Crippen LogP contribution in [0.25, 0.3) is 75.8 Å². The molecule has 0 unspecified atom stereocenters. The second-order valence-corrected chi connectivity index (χ2v) is 13.0. The van der Waals surface area contributed by atoms with Gasteiger partial charge in [-0.25, -0.2) is 4.98 Å². The molecule has 0 atom stereocenters. The molecule has 0 saturated heterocycles.